The summed E-state index contributed by atoms with van der Waals surface area (Å²) in [4.78, 5) is 0. The van der Waals surface area contributed by atoms with Gasteiger partial charge in [-0.3, -0.25) is 0 Å². The van der Waals surface area contributed by atoms with Crippen LogP contribution in [0.2, 0.25) is 0 Å². The van der Waals surface area contributed by atoms with Crippen molar-refractivity contribution in [3.8, 4) is 11.8 Å². The zero-order chi connectivity index (χ0) is 20.3. The molecule has 1 aromatic rings. The maximum absolute atomic E-state index is 3.28. The average Bonchev–Trinajstić information content (AvgIpc) is 2.78. The zero-order valence-electron chi connectivity index (χ0n) is 19.0. The molecule has 2 aliphatic carbocycles. The van der Waals surface area contributed by atoms with Gasteiger partial charge in [0.1, 0.15) is 0 Å². The number of rotatable bonds is 7. The van der Waals surface area contributed by atoms with Gasteiger partial charge in [-0.1, -0.05) is 82.4 Å². The molecule has 0 heterocycles. The fourth-order valence-electron chi connectivity index (χ4n) is 5.57. The number of benzene rings is 1. The third-order valence-corrected chi connectivity index (χ3v) is 7.62. The lowest BCUT2D eigenvalue weighted by molar-refractivity contribution is 0.151. The first-order valence-electron chi connectivity index (χ1n) is 12.6. The van der Waals surface area contributed by atoms with Gasteiger partial charge in [0, 0.05) is 5.56 Å². The first kappa shape index (κ1) is 22.2. The lowest BCUT2D eigenvalue weighted by atomic mass is 9.68. The highest BCUT2D eigenvalue weighted by Crippen LogP contribution is 2.42. The maximum Gasteiger partial charge on any atom is 0.0249 e. The van der Waals surface area contributed by atoms with Gasteiger partial charge in [0.25, 0.3) is 0 Å². The van der Waals surface area contributed by atoms with Crippen LogP contribution < -0.4 is 0 Å². The van der Waals surface area contributed by atoms with Crippen LogP contribution in [0.1, 0.15) is 102 Å². The molecule has 0 amide bonds. The third-order valence-electron chi connectivity index (χ3n) is 7.62. The number of aryl methyl sites for hydroxylation is 1. The van der Waals surface area contributed by atoms with Gasteiger partial charge < -0.3 is 0 Å². The van der Waals surface area contributed by atoms with Gasteiger partial charge >= 0.3 is 0 Å². The summed E-state index contributed by atoms with van der Waals surface area (Å²) in [7, 11) is 0. The van der Waals surface area contributed by atoms with Gasteiger partial charge in [-0.05, 0) is 92.4 Å². The van der Waals surface area contributed by atoms with Crippen molar-refractivity contribution in [2.75, 3.05) is 0 Å². The maximum atomic E-state index is 3.28. The Kier molecular flexibility index (Phi) is 9.40. The van der Waals surface area contributed by atoms with Gasteiger partial charge in [-0.25, -0.2) is 0 Å². The number of hydrogen-bond donors (Lipinski definition) is 0. The van der Waals surface area contributed by atoms with Crippen molar-refractivity contribution in [1.29, 1.82) is 0 Å². The van der Waals surface area contributed by atoms with E-state index in [9.17, 15) is 0 Å². The topological polar surface area (TPSA) is 0 Å². The highest BCUT2D eigenvalue weighted by Gasteiger charge is 2.30. The molecule has 0 unspecified atom stereocenters. The minimum absolute atomic E-state index is 0.758. The number of hydrogen-bond acceptors (Lipinski definition) is 0. The Morgan fingerprint density at radius 1 is 0.828 bits per heavy atom. The first-order valence-corrected chi connectivity index (χ1v) is 12.6. The van der Waals surface area contributed by atoms with Crippen LogP contribution in [0.3, 0.4) is 0 Å². The zero-order valence-corrected chi connectivity index (χ0v) is 19.0. The Hall–Kier alpha value is -1.48. The summed E-state index contributed by atoms with van der Waals surface area (Å²) in [6.07, 6.45) is 23.1. The van der Waals surface area contributed by atoms with Crippen LogP contribution in [0.4, 0.5) is 0 Å². The second-order valence-corrected chi connectivity index (χ2v) is 9.63. The molecule has 0 heteroatoms. The Morgan fingerprint density at radius 3 is 2.10 bits per heavy atom. The Morgan fingerprint density at radius 2 is 1.48 bits per heavy atom. The quantitative estimate of drug-likeness (QED) is 0.324. The monoisotopic (exact) mass is 390 g/mol. The highest BCUT2D eigenvalue weighted by atomic mass is 14.4. The van der Waals surface area contributed by atoms with Crippen LogP contribution in [0.15, 0.2) is 36.4 Å². The molecule has 2 fully saturated rings. The minimum Gasteiger partial charge on any atom is -0.0730 e. The van der Waals surface area contributed by atoms with E-state index in [0.717, 1.165) is 35.7 Å². The molecule has 2 saturated carbocycles. The summed E-state index contributed by atoms with van der Waals surface area (Å²) in [5, 5.41) is 0. The summed E-state index contributed by atoms with van der Waals surface area (Å²) in [6, 6.07) is 8.66. The van der Waals surface area contributed by atoms with Gasteiger partial charge in [-0.15, -0.1) is 0 Å². The van der Waals surface area contributed by atoms with E-state index >= 15 is 0 Å². The smallest absolute Gasteiger partial charge is 0.0249 e. The molecule has 0 nitrogen and oxygen atoms in total. The largest absolute Gasteiger partial charge is 0.0730 e. The van der Waals surface area contributed by atoms with Crippen LogP contribution >= 0.6 is 0 Å². The van der Waals surface area contributed by atoms with E-state index in [1.807, 2.05) is 0 Å². The summed E-state index contributed by atoms with van der Waals surface area (Å²) in [5.41, 5.74) is 2.51. The van der Waals surface area contributed by atoms with E-state index in [0.29, 0.717) is 0 Å². The van der Waals surface area contributed by atoms with Gasteiger partial charge in [-0.2, -0.15) is 0 Å². The van der Waals surface area contributed by atoms with Crippen LogP contribution in [-0.2, 0) is 6.42 Å². The molecular formula is C29H42. The van der Waals surface area contributed by atoms with Crippen molar-refractivity contribution >= 4 is 0 Å². The molecule has 0 N–H and O–H groups in total. The van der Waals surface area contributed by atoms with E-state index in [1.165, 1.54) is 82.6 Å². The molecule has 0 atom stereocenters. The Labute approximate surface area is 180 Å². The predicted octanol–water partition coefficient (Wildman–Crippen LogP) is 8.35. The van der Waals surface area contributed by atoms with E-state index in [1.54, 1.807) is 0 Å². The van der Waals surface area contributed by atoms with Crippen molar-refractivity contribution in [1.82, 2.24) is 0 Å². The molecule has 2 aliphatic rings. The third kappa shape index (κ3) is 7.37. The molecular weight excluding hydrogens is 348 g/mol. The van der Waals surface area contributed by atoms with Crippen LogP contribution in [0.25, 0.3) is 0 Å². The Balaban J connectivity index is 1.35. The van der Waals surface area contributed by atoms with Crippen molar-refractivity contribution in [3.63, 3.8) is 0 Å². The van der Waals surface area contributed by atoms with E-state index in [4.69, 9.17) is 0 Å². The van der Waals surface area contributed by atoms with E-state index in [-0.39, 0.29) is 0 Å². The molecule has 0 saturated heterocycles. The van der Waals surface area contributed by atoms with Crippen LogP contribution in [0, 0.1) is 35.5 Å². The summed E-state index contributed by atoms with van der Waals surface area (Å²) in [5.74, 6) is 10.4. The minimum atomic E-state index is 0.758. The van der Waals surface area contributed by atoms with Crippen molar-refractivity contribution in [2.45, 2.75) is 97.3 Å². The Bertz CT molecular complexity index is 652. The van der Waals surface area contributed by atoms with Crippen molar-refractivity contribution < 1.29 is 0 Å². The first-order chi connectivity index (χ1) is 14.3. The van der Waals surface area contributed by atoms with Crippen LogP contribution in [0.5, 0.6) is 0 Å². The van der Waals surface area contributed by atoms with Gasteiger partial charge in [0.15, 0.2) is 0 Å². The molecule has 0 bridgehead atoms. The molecule has 0 spiro atoms. The van der Waals surface area contributed by atoms with Gasteiger partial charge in [0.05, 0.1) is 0 Å². The van der Waals surface area contributed by atoms with Gasteiger partial charge in [0.2, 0.25) is 0 Å². The molecule has 1 aromatic carbocycles. The normalized spacial score (nSPS) is 27.5. The second kappa shape index (κ2) is 12.3. The molecule has 0 radical (unpaired) electrons. The summed E-state index contributed by atoms with van der Waals surface area (Å²) >= 11 is 0. The summed E-state index contributed by atoms with van der Waals surface area (Å²) < 4.78 is 0. The van der Waals surface area contributed by atoms with Crippen molar-refractivity contribution in [2.24, 2.45) is 23.7 Å². The molecule has 0 aliphatic heterocycles. The van der Waals surface area contributed by atoms with Crippen molar-refractivity contribution in [3.05, 3.63) is 47.5 Å². The average molecular weight is 391 g/mol. The van der Waals surface area contributed by atoms with Crippen LogP contribution in [-0.4, -0.2) is 0 Å². The molecule has 0 aromatic heterocycles. The lowest BCUT2D eigenvalue weighted by Gasteiger charge is -2.37. The predicted molar refractivity (Wildman–Crippen MR) is 127 cm³/mol. The lowest BCUT2D eigenvalue weighted by Crippen LogP contribution is -2.25. The SMILES string of the molecule is CCCCC[C@H]1CC[C@H](C2CCC(/C=C/C#Cc3ccc(CC)cc3)CC2)CC1. The fraction of sp³-hybridized carbons (Fsp3) is 0.655. The number of allylic oxidation sites excluding steroid dienone is 2. The number of unbranched alkanes of at least 4 members (excludes halogenated alkanes) is 2. The standard InChI is InChI=1S/C29H42/c1-3-5-6-9-26-16-20-28(21-17-26)29-22-18-27(19-23-29)11-8-7-10-25-14-12-24(4-2)13-15-25/h8,11-15,26-29H,3-6,9,16-23H2,1-2H3/b11-8+/t26-,27?,28-,29?. The highest BCUT2D eigenvalue weighted by molar-refractivity contribution is 5.38. The molecule has 158 valence electrons. The summed E-state index contributed by atoms with van der Waals surface area (Å²) in [6.45, 7) is 4.51. The second-order valence-electron chi connectivity index (χ2n) is 9.63. The molecule has 3 rings (SSSR count). The van der Waals surface area contributed by atoms with E-state index < -0.39 is 0 Å². The fourth-order valence-corrected chi connectivity index (χ4v) is 5.57. The van der Waals surface area contributed by atoms with E-state index in [2.05, 4.69) is 62.1 Å². The molecule has 29 heavy (non-hydrogen) atoms.